The number of anilines is 1. The van der Waals surface area contributed by atoms with Crippen LogP contribution in [0, 0.1) is 6.92 Å². The maximum absolute atomic E-state index is 12.4. The Morgan fingerprint density at radius 2 is 1.96 bits per heavy atom. The molecule has 140 valence electrons. The molecule has 9 heteroatoms. The van der Waals surface area contributed by atoms with Crippen LogP contribution in [0.25, 0.3) is 11.4 Å². The summed E-state index contributed by atoms with van der Waals surface area (Å²) in [5.74, 6) is 2.55. The third kappa shape index (κ3) is 3.53. The molecule has 1 aliphatic heterocycles. The third-order valence-electron chi connectivity index (χ3n) is 4.51. The van der Waals surface area contributed by atoms with Crippen LogP contribution in [0.15, 0.2) is 33.4 Å². The highest BCUT2D eigenvalue weighted by atomic mass is 16.5. The van der Waals surface area contributed by atoms with Gasteiger partial charge in [0.15, 0.2) is 5.69 Å². The minimum absolute atomic E-state index is 0.0985. The molecule has 4 rings (SSSR count). The summed E-state index contributed by atoms with van der Waals surface area (Å²) in [5.41, 5.74) is 1.17. The predicted octanol–water partition coefficient (Wildman–Crippen LogP) is 1.95. The van der Waals surface area contributed by atoms with E-state index < -0.39 is 0 Å². The molecule has 0 N–H and O–H groups in total. The second-order valence-corrected chi connectivity index (χ2v) is 6.37. The van der Waals surface area contributed by atoms with Crippen LogP contribution in [-0.4, -0.2) is 57.3 Å². The zero-order valence-electron chi connectivity index (χ0n) is 15.3. The highest BCUT2D eigenvalue weighted by molar-refractivity contribution is 5.92. The molecule has 3 aromatic rings. The fourth-order valence-corrected chi connectivity index (χ4v) is 2.99. The molecule has 1 aliphatic rings. The third-order valence-corrected chi connectivity index (χ3v) is 4.51. The molecule has 0 aliphatic carbocycles. The number of amides is 1. The van der Waals surface area contributed by atoms with Gasteiger partial charge in [-0.15, -0.1) is 0 Å². The normalized spacial score (nSPS) is 14.6. The Labute approximate surface area is 156 Å². The Bertz CT molecular complexity index is 925. The quantitative estimate of drug-likeness (QED) is 0.689. The van der Waals surface area contributed by atoms with Crippen LogP contribution in [0.3, 0.4) is 0 Å². The van der Waals surface area contributed by atoms with Gasteiger partial charge in [-0.3, -0.25) is 4.79 Å². The van der Waals surface area contributed by atoms with Crippen molar-refractivity contribution in [2.24, 2.45) is 0 Å². The Kier molecular flexibility index (Phi) is 4.57. The fraction of sp³-hybridized carbons (Fsp3) is 0.389. The van der Waals surface area contributed by atoms with Crippen molar-refractivity contribution < 1.29 is 13.8 Å². The maximum Gasteiger partial charge on any atom is 0.276 e. The number of pyridine rings is 1. The van der Waals surface area contributed by atoms with Gasteiger partial charge in [-0.1, -0.05) is 17.2 Å². The van der Waals surface area contributed by atoms with E-state index in [4.69, 9.17) is 9.05 Å². The van der Waals surface area contributed by atoms with Gasteiger partial charge in [0.1, 0.15) is 11.6 Å². The van der Waals surface area contributed by atoms with Gasteiger partial charge in [0, 0.05) is 50.4 Å². The second kappa shape index (κ2) is 7.18. The molecule has 0 aromatic carbocycles. The van der Waals surface area contributed by atoms with Gasteiger partial charge in [-0.2, -0.15) is 4.98 Å². The molecule has 3 aromatic heterocycles. The second-order valence-electron chi connectivity index (χ2n) is 6.37. The van der Waals surface area contributed by atoms with E-state index in [9.17, 15) is 4.79 Å². The van der Waals surface area contributed by atoms with E-state index >= 15 is 0 Å². The molecule has 27 heavy (non-hydrogen) atoms. The van der Waals surface area contributed by atoms with Crippen molar-refractivity contribution in [2.75, 3.05) is 31.1 Å². The molecule has 0 saturated carbocycles. The summed E-state index contributed by atoms with van der Waals surface area (Å²) in [4.78, 5) is 25.2. The Morgan fingerprint density at radius 1 is 1.15 bits per heavy atom. The molecule has 1 saturated heterocycles. The summed E-state index contributed by atoms with van der Waals surface area (Å²) < 4.78 is 10.1. The maximum atomic E-state index is 12.4. The monoisotopic (exact) mass is 368 g/mol. The van der Waals surface area contributed by atoms with Gasteiger partial charge in [-0.25, -0.2) is 4.98 Å². The van der Waals surface area contributed by atoms with Crippen LogP contribution < -0.4 is 4.90 Å². The molecular formula is C18H20N6O3. The summed E-state index contributed by atoms with van der Waals surface area (Å²) in [6.45, 7) is 6.37. The number of hydrogen-bond acceptors (Lipinski definition) is 8. The van der Waals surface area contributed by atoms with Gasteiger partial charge in [-0.05, 0) is 19.1 Å². The number of carbonyl (C=O) groups excluding carboxylic acids is 1. The van der Waals surface area contributed by atoms with Crippen LogP contribution in [0.1, 0.15) is 29.1 Å². The lowest BCUT2D eigenvalue weighted by Crippen LogP contribution is -2.49. The fourth-order valence-electron chi connectivity index (χ4n) is 2.99. The summed E-state index contributed by atoms with van der Waals surface area (Å²) >= 11 is 0. The Hall–Kier alpha value is -3.23. The summed E-state index contributed by atoms with van der Waals surface area (Å²) in [6.07, 6.45) is 2.45. The number of carbonyl (C=O) groups is 1. The number of piperazine rings is 1. The van der Waals surface area contributed by atoms with E-state index in [0.717, 1.165) is 11.4 Å². The van der Waals surface area contributed by atoms with E-state index in [0.29, 0.717) is 55.8 Å². The molecular weight excluding hydrogens is 348 g/mol. The molecule has 0 unspecified atom stereocenters. The molecule has 0 bridgehead atoms. The number of rotatable bonds is 4. The van der Waals surface area contributed by atoms with Crippen LogP contribution >= 0.6 is 0 Å². The van der Waals surface area contributed by atoms with Gasteiger partial charge in [0.25, 0.3) is 5.91 Å². The summed E-state index contributed by atoms with van der Waals surface area (Å²) in [7, 11) is 0. The molecule has 1 amide bonds. The SMILES string of the molecule is CCc1nc(-c2ccc(N3CCN(C(=O)c4cc(C)on4)CC3)nc2)no1. The Morgan fingerprint density at radius 3 is 2.56 bits per heavy atom. The molecule has 0 spiro atoms. The van der Waals surface area contributed by atoms with Crippen molar-refractivity contribution in [3.05, 3.63) is 41.7 Å². The Balaban J connectivity index is 1.38. The van der Waals surface area contributed by atoms with Gasteiger partial charge < -0.3 is 18.8 Å². The van der Waals surface area contributed by atoms with Crippen molar-refractivity contribution in [3.63, 3.8) is 0 Å². The van der Waals surface area contributed by atoms with Crippen LogP contribution in [0.4, 0.5) is 5.82 Å². The van der Waals surface area contributed by atoms with E-state index in [1.165, 1.54) is 0 Å². The average molecular weight is 368 g/mol. The van der Waals surface area contributed by atoms with Crippen molar-refractivity contribution in [2.45, 2.75) is 20.3 Å². The lowest BCUT2D eigenvalue weighted by molar-refractivity contribution is 0.0736. The number of aryl methyl sites for hydroxylation is 2. The standard InChI is InChI=1S/C18H20N6O3/c1-3-16-20-17(22-27-16)13-4-5-15(19-11-13)23-6-8-24(9-7-23)18(25)14-10-12(2)26-21-14/h4-5,10-11H,3,6-9H2,1-2H3. The molecule has 9 nitrogen and oxygen atoms in total. The highest BCUT2D eigenvalue weighted by Crippen LogP contribution is 2.20. The van der Waals surface area contributed by atoms with Gasteiger partial charge >= 0.3 is 0 Å². The number of aromatic nitrogens is 4. The molecule has 0 atom stereocenters. The minimum atomic E-state index is -0.0985. The van der Waals surface area contributed by atoms with Crippen molar-refractivity contribution >= 4 is 11.7 Å². The lowest BCUT2D eigenvalue weighted by atomic mass is 10.2. The zero-order chi connectivity index (χ0) is 18.8. The van der Waals surface area contributed by atoms with Crippen LogP contribution in [0.2, 0.25) is 0 Å². The average Bonchev–Trinajstić information content (AvgIpc) is 3.37. The number of nitrogens with zero attached hydrogens (tertiary/aromatic N) is 6. The van der Waals surface area contributed by atoms with Crippen molar-refractivity contribution in [1.29, 1.82) is 0 Å². The first-order valence-corrected chi connectivity index (χ1v) is 8.90. The summed E-state index contributed by atoms with van der Waals surface area (Å²) in [5, 5.41) is 7.76. The summed E-state index contributed by atoms with van der Waals surface area (Å²) in [6, 6.07) is 5.54. The first kappa shape index (κ1) is 17.2. The zero-order valence-corrected chi connectivity index (χ0v) is 15.3. The largest absolute Gasteiger partial charge is 0.361 e. The number of hydrogen-bond donors (Lipinski definition) is 0. The predicted molar refractivity (Wildman–Crippen MR) is 96.3 cm³/mol. The van der Waals surface area contributed by atoms with E-state index in [1.54, 1.807) is 24.1 Å². The van der Waals surface area contributed by atoms with E-state index in [-0.39, 0.29) is 5.91 Å². The van der Waals surface area contributed by atoms with E-state index in [1.807, 2.05) is 19.1 Å². The van der Waals surface area contributed by atoms with Gasteiger partial charge in [0.2, 0.25) is 11.7 Å². The van der Waals surface area contributed by atoms with Crippen molar-refractivity contribution in [1.82, 2.24) is 25.2 Å². The first-order chi connectivity index (χ1) is 13.1. The lowest BCUT2D eigenvalue weighted by Gasteiger charge is -2.35. The van der Waals surface area contributed by atoms with Crippen LogP contribution in [-0.2, 0) is 6.42 Å². The van der Waals surface area contributed by atoms with Crippen molar-refractivity contribution in [3.8, 4) is 11.4 Å². The highest BCUT2D eigenvalue weighted by Gasteiger charge is 2.24. The minimum Gasteiger partial charge on any atom is -0.361 e. The molecule has 1 fully saturated rings. The smallest absolute Gasteiger partial charge is 0.276 e. The topological polar surface area (TPSA) is 101 Å². The molecule has 4 heterocycles. The van der Waals surface area contributed by atoms with Gasteiger partial charge in [0.05, 0.1) is 0 Å². The van der Waals surface area contributed by atoms with E-state index in [2.05, 4.69) is 25.2 Å². The molecule has 0 radical (unpaired) electrons. The first-order valence-electron chi connectivity index (χ1n) is 8.90. The van der Waals surface area contributed by atoms with Crippen LogP contribution in [0.5, 0.6) is 0 Å².